The molecule has 24 heavy (non-hydrogen) atoms. The van der Waals surface area contributed by atoms with Crippen LogP contribution >= 0.6 is 0 Å². The molecular formula is C18H20N4O2. The predicted molar refractivity (Wildman–Crippen MR) is 88.5 cm³/mol. The zero-order valence-electron chi connectivity index (χ0n) is 13.7. The van der Waals surface area contributed by atoms with Crippen molar-refractivity contribution in [3.05, 3.63) is 52.8 Å². The second-order valence-corrected chi connectivity index (χ2v) is 6.41. The number of carbonyl (C=O) groups excluding carboxylic acids is 2. The van der Waals surface area contributed by atoms with Crippen LogP contribution in [0.15, 0.2) is 30.3 Å². The quantitative estimate of drug-likeness (QED) is 0.903. The van der Waals surface area contributed by atoms with Crippen LogP contribution in [0.1, 0.15) is 39.8 Å². The summed E-state index contributed by atoms with van der Waals surface area (Å²) >= 11 is 0. The molecule has 1 fully saturated rings. The van der Waals surface area contributed by atoms with Gasteiger partial charge in [0.1, 0.15) is 12.2 Å². The number of nitrogens with zero attached hydrogens (tertiary/aromatic N) is 3. The lowest BCUT2D eigenvalue weighted by Gasteiger charge is -2.36. The second-order valence-electron chi connectivity index (χ2n) is 6.41. The highest BCUT2D eigenvalue weighted by Gasteiger charge is 2.35. The minimum atomic E-state index is -0.150. The summed E-state index contributed by atoms with van der Waals surface area (Å²) in [6.45, 7) is 0.521. The van der Waals surface area contributed by atoms with E-state index in [1.165, 1.54) is 0 Å². The zero-order valence-corrected chi connectivity index (χ0v) is 13.7. The number of aromatic nitrogens is 2. The Morgan fingerprint density at radius 2 is 2.04 bits per heavy atom. The Bertz CT molecular complexity index is 797. The molecule has 2 aliphatic rings. The van der Waals surface area contributed by atoms with E-state index in [-0.39, 0.29) is 24.4 Å². The lowest BCUT2D eigenvalue weighted by molar-refractivity contribution is -0.124. The van der Waals surface area contributed by atoms with Crippen molar-refractivity contribution in [3.63, 3.8) is 0 Å². The summed E-state index contributed by atoms with van der Waals surface area (Å²) < 4.78 is 1.68. The number of fused-ring (bicyclic) bond motifs is 1. The molecule has 0 saturated carbocycles. The normalized spacial score (nSPS) is 20.0. The van der Waals surface area contributed by atoms with Gasteiger partial charge in [-0.15, -0.1) is 0 Å². The fourth-order valence-corrected chi connectivity index (χ4v) is 3.75. The molecule has 1 aliphatic heterocycles. The lowest BCUT2D eigenvalue weighted by atomic mass is 10.0. The lowest BCUT2D eigenvalue weighted by Crippen LogP contribution is -2.52. The van der Waals surface area contributed by atoms with E-state index in [9.17, 15) is 9.59 Å². The van der Waals surface area contributed by atoms with Crippen LogP contribution in [0.3, 0.4) is 0 Å². The smallest absolute Gasteiger partial charge is 0.273 e. The van der Waals surface area contributed by atoms with Gasteiger partial charge < -0.3 is 10.2 Å². The highest BCUT2D eigenvalue weighted by atomic mass is 16.2. The van der Waals surface area contributed by atoms with Gasteiger partial charge in [0.25, 0.3) is 5.91 Å². The third kappa shape index (κ3) is 2.38. The summed E-state index contributed by atoms with van der Waals surface area (Å²) in [6, 6.07) is 9.70. The summed E-state index contributed by atoms with van der Waals surface area (Å²) in [6.07, 6.45) is 2.86. The topological polar surface area (TPSA) is 67.2 Å². The number of rotatable bonds is 2. The van der Waals surface area contributed by atoms with E-state index in [0.29, 0.717) is 12.2 Å². The molecular weight excluding hydrogens is 304 g/mol. The van der Waals surface area contributed by atoms with Crippen molar-refractivity contribution < 1.29 is 9.59 Å². The average Bonchev–Trinajstić information content (AvgIpc) is 3.15. The van der Waals surface area contributed by atoms with E-state index < -0.39 is 0 Å². The highest BCUT2D eigenvalue weighted by molar-refractivity contribution is 5.97. The third-order valence-electron chi connectivity index (χ3n) is 4.90. The van der Waals surface area contributed by atoms with Crippen LogP contribution in [0.2, 0.25) is 0 Å². The number of aryl methyl sites for hydroxylation is 2. The largest absolute Gasteiger partial charge is 0.352 e. The van der Waals surface area contributed by atoms with Crippen molar-refractivity contribution in [3.8, 4) is 0 Å². The zero-order chi connectivity index (χ0) is 16.7. The van der Waals surface area contributed by atoms with Gasteiger partial charge in [0.15, 0.2) is 0 Å². The summed E-state index contributed by atoms with van der Waals surface area (Å²) in [4.78, 5) is 26.9. The molecule has 1 N–H and O–H groups in total. The first kappa shape index (κ1) is 14.9. The van der Waals surface area contributed by atoms with E-state index in [4.69, 9.17) is 0 Å². The average molecular weight is 324 g/mol. The first-order valence-electron chi connectivity index (χ1n) is 8.32. The number of hydrogen-bond donors (Lipinski definition) is 1. The van der Waals surface area contributed by atoms with Gasteiger partial charge in [0.2, 0.25) is 5.91 Å². The Kier molecular flexibility index (Phi) is 3.59. The predicted octanol–water partition coefficient (Wildman–Crippen LogP) is 1.22. The molecule has 6 heteroatoms. The van der Waals surface area contributed by atoms with Gasteiger partial charge in [-0.05, 0) is 24.8 Å². The van der Waals surface area contributed by atoms with Gasteiger partial charge in [-0.25, -0.2) is 0 Å². The van der Waals surface area contributed by atoms with Gasteiger partial charge in [-0.2, -0.15) is 5.10 Å². The van der Waals surface area contributed by atoms with Gasteiger partial charge in [-0.3, -0.25) is 14.3 Å². The second kappa shape index (κ2) is 5.78. The van der Waals surface area contributed by atoms with E-state index in [0.717, 1.165) is 36.1 Å². The molecule has 2 heterocycles. The summed E-state index contributed by atoms with van der Waals surface area (Å²) in [5.74, 6) is -0.216. The van der Waals surface area contributed by atoms with Crippen molar-refractivity contribution in [2.24, 2.45) is 7.05 Å². The van der Waals surface area contributed by atoms with Crippen molar-refractivity contribution in [1.82, 2.24) is 20.0 Å². The molecule has 6 nitrogen and oxygen atoms in total. The van der Waals surface area contributed by atoms with Gasteiger partial charge in [0.05, 0.1) is 11.7 Å². The fraction of sp³-hybridized carbons (Fsp3) is 0.389. The molecule has 0 radical (unpaired) electrons. The first-order chi connectivity index (χ1) is 11.6. The van der Waals surface area contributed by atoms with E-state index in [1.807, 2.05) is 37.4 Å². The van der Waals surface area contributed by atoms with Crippen LogP contribution in [0.5, 0.6) is 0 Å². The molecule has 4 rings (SSSR count). The summed E-state index contributed by atoms with van der Waals surface area (Å²) in [7, 11) is 1.81. The Morgan fingerprint density at radius 1 is 1.25 bits per heavy atom. The van der Waals surface area contributed by atoms with Crippen molar-refractivity contribution >= 4 is 11.8 Å². The highest BCUT2D eigenvalue weighted by Crippen LogP contribution is 2.29. The molecule has 1 saturated heterocycles. The van der Waals surface area contributed by atoms with Crippen LogP contribution in [0.4, 0.5) is 0 Å². The summed E-state index contributed by atoms with van der Waals surface area (Å²) in [5.41, 5.74) is 3.75. The Morgan fingerprint density at radius 3 is 2.83 bits per heavy atom. The minimum absolute atomic E-state index is 0.0817. The molecule has 1 aromatic carbocycles. The number of benzene rings is 1. The van der Waals surface area contributed by atoms with E-state index >= 15 is 0 Å². The van der Waals surface area contributed by atoms with Gasteiger partial charge in [-0.1, -0.05) is 30.3 Å². The van der Waals surface area contributed by atoms with Gasteiger partial charge in [0, 0.05) is 19.2 Å². The van der Waals surface area contributed by atoms with Crippen LogP contribution in [0, 0.1) is 0 Å². The molecule has 2 aromatic rings. The minimum Gasteiger partial charge on any atom is -0.352 e. The number of piperazine rings is 1. The third-order valence-corrected chi connectivity index (χ3v) is 4.90. The first-order valence-corrected chi connectivity index (χ1v) is 8.32. The molecule has 2 amide bonds. The molecule has 1 aliphatic carbocycles. The van der Waals surface area contributed by atoms with Crippen LogP contribution in [-0.4, -0.2) is 39.6 Å². The number of nitrogens with one attached hydrogen (secondary N) is 1. The molecule has 124 valence electrons. The molecule has 1 aromatic heterocycles. The molecule has 1 atom stereocenters. The number of hydrogen-bond acceptors (Lipinski definition) is 3. The van der Waals surface area contributed by atoms with Crippen LogP contribution in [0.25, 0.3) is 0 Å². The maximum atomic E-state index is 13.3. The van der Waals surface area contributed by atoms with E-state index in [1.54, 1.807) is 9.58 Å². The van der Waals surface area contributed by atoms with E-state index in [2.05, 4.69) is 10.4 Å². The fourth-order valence-electron chi connectivity index (χ4n) is 3.75. The van der Waals surface area contributed by atoms with Crippen molar-refractivity contribution in [1.29, 1.82) is 0 Å². The Labute approximate surface area is 140 Å². The molecule has 0 spiro atoms. The number of carbonyl (C=O) groups is 2. The molecule has 0 bridgehead atoms. The Balaban J connectivity index is 1.72. The van der Waals surface area contributed by atoms with Crippen molar-refractivity contribution in [2.75, 3.05) is 13.1 Å². The maximum absolute atomic E-state index is 13.3. The standard InChI is InChI=1S/C18H20N4O2/c1-21-17(13-8-5-9-14(13)20-21)18(24)22-11-16(23)19-10-15(22)12-6-3-2-4-7-12/h2-4,6-7,15H,5,8-11H2,1H3,(H,19,23). The number of amides is 2. The maximum Gasteiger partial charge on any atom is 0.273 e. The molecule has 1 unspecified atom stereocenters. The van der Waals surface area contributed by atoms with Gasteiger partial charge >= 0.3 is 0 Å². The summed E-state index contributed by atoms with van der Waals surface area (Å²) in [5, 5.41) is 7.36. The Hall–Kier alpha value is -2.63. The van der Waals surface area contributed by atoms with Crippen LogP contribution < -0.4 is 5.32 Å². The van der Waals surface area contributed by atoms with Crippen molar-refractivity contribution in [2.45, 2.75) is 25.3 Å². The monoisotopic (exact) mass is 324 g/mol. The SMILES string of the molecule is Cn1nc2c(c1C(=O)N1CC(=O)NCC1c1ccccc1)CCC2. The van der Waals surface area contributed by atoms with Crippen LogP contribution in [-0.2, 0) is 24.7 Å².